The topological polar surface area (TPSA) is 63.3 Å². The summed E-state index contributed by atoms with van der Waals surface area (Å²) in [5, 5.41) is 13.9. The molecule has 2 heterocycles. The van der Waals surface area contributed by atoms with Crippen molar-refractivity contribution < 1.29 is 5.11 Å². The van der Waals surface area contributed by atoms with Gasteiger partial charge < -0.3 is 5.11 Å². The van der Waals surface area contributed by atoms with E-state index in [0.29, 0.717) is 17.3 Å². The monoisotopic (exact) mass is 226 g/mol. The Morgan fingerprint density at radius 2 is 1.88 bits per heavy atom. The molecule has 1 N–H and O–H groups in total. The standard InChI is InChI=1S/C12H10N4O/c1-8-7-10(17)16-12(13-8)14-11(15-16)9-5-3-2-4-6-9/h2-7,17H,1H3. The number of hydrogen-bond donors (Lipinski definition) is 1. The minimum Gasteiger partial charge on any atom is -0.493 e. The fourth-order valence-electron chi connectivity index (χ4n) is 1.68. The van der Waals surface area contributed by atoms with Crippen LogP contribution in [0.2, 0.25) is 0 Å². The van der Waals surface area contributed by atoms with Crippen molar-refractivity contribution in [3.8, 4) is 17.3 Å². The second kappa shape index (κ2) is 3.55. The van der Waals surface area contributed by atoms with Crippen LogP contribution >= 0.6 is 0 Å². The quantitative estimate of drug-likeness (QED) is 0.687. The summed E-state index contributed by atoms with van der Waals surface area (Å²) in [4.78, 5) is 8.50. The van der Waals surface area contributed by atoms with Gasteiger partial charge in [0.25, 0.3) is 5.78 Å². The molecule has 17 heavy (non-hydrogen) atoms. The number of fused-ring (bicyclic) bond motifs is 1. The highest BCUT2D eigenvalue weighted by molar-refractivity contribution is 5.56. The second-order valence-corrected chi connectivity index (χ2v) is 3.77. The highest BCUT2D eigenvalue weighted by Gasteiger charge is 2.09. The maximum atomic E-state index is 9.73. The number of nitrogens with zero attached hydrogens (tertiary/aromatic N) is 4. The van der Waals surface area contributed by atoms with Crippen LogP contribution in [-0.4, -0.2) is 24.7 Å². The molecule has 0 amide bonds. The molecular formula is C12H10N4O. The van der Waals surface area contributed by atoms with Crippen molar-refractivity contribution in [2.75, 3.05) is 0 Å². The van der Waals surface area contributed by atoms with E-state index >= 15 is 0 Å². The maximum absolute atomic E-state index is 9.73. The molecule has 0 saturated carbocycles. The molecule has 3 rings (SSSR count). The molecule has 0 saturated heterocycles. The summed E-state index contributed by atoms with van der Waals surface area (Å²) < 4.78 is 1.33. The Morgan fingerprint density at radius 1 is 1.12 bits per heavy atom. The van der Waals surface area contributed by atoms with Crippen LogP contribution in [0.25, 0.3) is 17.2 Å². The van der Waals surface area contributed by atoms with Crippen LogP contribution in [-0.2, 0) is 0 Å². The highest BCUT2D eigenvalue weighted by atomic mass is 16.3. The SMILES string of the molecule is Cc1cc(O)n2nc(-c3ccccc3)nc2n1. The molecule has 0 bridgehead atoms. The summed E-state index contributed by atoms with van der Waals surface area (Å²) in [6.45, 7) is 1.80. The first kappa shape index (κ1) is 9.77. The van der Waals surface area contributed by atoms with E-state index in [0.717, 1.165) is 5.56 Å². The normalized spacial score (nSPS) is 10.9. The second-order valence-electron chi connectivity index (χ2n) is 3.77. The first-order valence-electron chi connectivity index (χ1n) is 5.23. The molecule has 0 aliphatic rings. The van der Waals surface area contributed by atoms with Gasteiger partial charge in [0.2, 0.25) is 5.88 Å². The fourth-order valence-corrected chi connectivity index (χ4v) is 1.68. The summed E-state index contributed by atoms with van der Waals surface area (Å²) in [6.07, 6.45) is 0. The number of benzene rings is 1. The van der Waals surface area contributed by atoms with Crippen molar-refractivity contribution >= 4 is 5.78 Å². The van der Waals surface area contributed by atoms with E-state index in [9.17, 15) is 5.11 Å². The Morgan fingerprint density at radius 3 is 2.65 bits per heavy atom. The van der Waals surface area contributed by atoms with E-state index in [1.165, 1.54) is 4.52 Å². The van der Waals surface area contributed by atoms with E-state index in [2.05, 4.69) is 15.1 Å². The van der Waals surface area contributed by atoms with Crippen LogP contribution < -0.4 is 0 Å². The molecule has 5 nitrogen and oxygen atoms in total. The van der Waals surface area contributed by atoms with Gasteiger partial charge in [-0.25, -0.2) is 4.98 Å². The van der Waals surface area contributed by atoms with Gasteiger partial charge in [0.1, 0.15) is 0 Å². The third-order valence-corrected chi connectivity index (χ3v) is 2.45. The Hall–Kier alpha value is -2.43. The summed E-state index contributed by atoms with van der Waals surface area (Å²) in [5.74, 6) is 1.00. The predicted molar refractivity (Wildman–Crippen MR) is 62.6 cm³/mol. The van der Waals surface area contributed by atoms with Gasteiger partial charge in [-0.2, -0.15) is 9.50 Å². The van der Waals surface area contributed by atoms with Gasteiger partial charge in [-0.1, -0.05) is 30.3 Å². The molecule has 0 unspecified atom stereocenters. The zero-order valence-corrected chi connectivity index (χ0v) is 9.20. The molecular weight excluding hydrogens is 216 g/mol. The van der Waals surface area contributed by atoms with Crippen molar-refractivity contribution in [3.63, 3.8) is 0 Å². The van der Waals surface area contributed by atoms with Gasteiger partial charge in [-0.15, -0.1) is 5.10 Å². The molecule has 2 aromatic heterocycles. The van der Waals surface area contributed by atoms with Gasteiger partial charge in [0, 0.05) is 17.3 Å². The van der Waals surface area contributed by atoms with Crippen LogP contribution in [0.1, 0.15) is 5.69 Å². The Balaban J connectivity index is 2.24. The molecule has 0 aliphatic carbocycles. The van der Waals surface area contributed by atoms with E-state index in [-0.39, 0.29) is 5.88 Å². The van der Waals surface area contributed by atoms with E-state index < -0.39 is 0 Å². The van der Waals surface area contributed by atoms with E-state index in [1.54, 1.807) is 13.0 Å². The average Bonchev–Trinajstić information content (AvgIpc) is 2.74. The average molecular weight is 226 g/mol. The first-order valence-corrected chi connectivity index (χ1v) is 5.23. The van der Waals surface area contributed by atoms with E-state index in [1.807, 2.05) is 30.3 Å². The van der Waals surface area contributed by atoms with Gasteiger partial charge in [-0.05, 0) is 6.92 Å². The van der Waals surface area contributed by atoms with Crippen LogP contribution in [0, 0.1) is 6.92 Å². The van der Waals surface area contributed by atoms with Gasteiger partial charge in [-0.3, -0.25) is 0 Å². The van der Waals surface area contributed by atoms with Crippen molar-refractivity contribution in [2.24, 2.45) is 0 Å². The van der Waals surface area contributed by atoms with Crippen LogP contribution in [0.4, 0.5) is 0 Å². The Kier molecular flexibility index (Phi) is 2.04. The molecule has 1 aromatic carbocycles. The highest BCUT2D eigenvalue weighted by Crippen LogP contribution is 2.18. The van der Waals surface area contributed by atoms with Crippen LogP contribution in [0.15, 0.2) is 36.4 Å². The lowest BCUT2D eigenvalue weighted by Gasteiger charge is -1.95. The fraction of sp³-hybridized carbons (Fsp3) is 0.0833. The lowest BCUT2D eigenvalue weighted by atomic mass is 10.2. The number of rotatable bonds is 1. The summed E-state index contributed by atoms with van der Waals surface area (Å²) >= 11 is 0. The summed E-state index contributed by atoms with van der Waals surface area (Å²) in [6, 6.07) is 11.1. The minimum absolute atomic E-state index is 0.0437. The van der Waals surface area contributed by atoms with E-state index in [4.69, 9.17) is 0 Å². The summed E-state index contributed by atoms with van der Waals surface area (Å²) in [5.41, 5.74) is 1.61. The molecule has 0 fully saturated rings. The zero-order chi connectivity index (χ0) is 11.8. The van der Waals surface area contributed by atoms with Crippen LogP contribution in [0.5, 0.6) is 5.88 Å². The number of hydrogen-bond acceptors (Lipinski definition) is 4. The Labute approximate surface area is 97.4 Å². The van der Waals surface area contributed by atoms with Crippen molar-refractivity contribution in [1.29, 1.82) is 0 Å². The third kappa shape index (κ3) is 1.61. The third-order valence-electron chi connectivity index (χ3n) is 2.45. The number of aromatic hydroxyl groups is 1. The first-order chi connectivity index (χ1) is 8.24. The number of aromatic nitrogens is 4. The maximum Gasteiger partial charge on any atom is 0.256 e. The molecule has 0 atom stereocenters. The number of aryl methyl sites for hydroxylation is 1. The zero-order valence-electron chi connectivity index (χ0n) is 9.20. The summed E-state index contributed by atoms with van der Waals surface area (Å²) in [7, 11) is 0. The van der Waals surface area contributed by atoms with Crippen molar-refractivity contribution in [3.05, 3.63) is 42.1 Å². The van der Waals surface area contributed by atoms with Crippen molar-refractivity contribution in [1.82, 2.24) is 19.6 Å². The molecule has 3 aromatic rings. The molecule has 0 radical (unpaired) electrons. The predicted octanol–water partition coefficient (Wildman–Crippen LogP) is 1.81. The molecule has 84 valence electrons. The van der Waals surface area contributed by atoms with Gasteiger partial charge in [0.05, 0.1) is 0 Å². The van der Waals surface area contributed by atoms with Crippen LogP contribution in [0.3, 0.4) is 0 Å². The minimum atomic E-state index is 0.0437. The lowest BCUT2D eigenvalue weighted by molar-refractivity contribution is 0.434. The molecule has 5 heteroatoms. The molecule has 0 spiro atoms. The largest absolute Gasteiger partial charge is 0.493 e. The van der Waals surface area contributed by atoms with Gasteiger partial charge in [0.15, 0.2) is 5.82 Å². The Bertz CT molecular complexity index is 676. The van der Waals surface area contributed by atoms with Gasteiger partial charge >= 0.3 is 0 Å². The van der Waals surface area contributed by atoms with Crippen molar-refractivity contribution in [2.45, 2.75) is 6.92 Å². The molecule has 0 aliphatic heterocycles. The smallest absolute Gasteiger partial charge is 0.256 e. The lowest BCUT2D eigenvalue weighted by Crippen LogP contribution is -1.93.